The molecular formula is C10H18N2O5. The predicted molar refractivity (Wildman–Crippen MR) is 59.4 cm³/mol. The number of aliphatic carboxylic acids is 1. The van der Waals surface area contributed by atoms with Crippen LogP contribution in [0.1, 0.15) is 20.3 Å². The standard InChI is InChI=1S/C10H18N2O5/c1-6(2)4-7(9(14)15)11-5-8(13)12-10(16)17-3/h6-7,11H,4-5H2,1-3H3,(H,14,15)(H,12,13,16). The summed E-state index contributed by atoms with van der Waals surface area (Å²) in [6, 6.07) is -0.807. The molecule has 0 saturated heterocycles. The van der Waals surface area contributed by atoms with E-state index >= 15 is 0 Å². The Morgan fingerprint density at radius 1 is 1.29 bits per heavy atom. The number of carbonyl (C=O) groups is 3. The number of ether oxygens (including phenoxy) is 1. The molecule has 0 aliphatic carbocycles. The van der Waals surface area contributed by atoms with Crippen molar-refractivity contribution in [3.63, 3.8) is 0 Å². The summed E-state index contributed by atoms with van der Waals surface area (Å²) < 4.78 is 4.22. The minimum atomic E-state index is -1.02. The molecule has 0 aromatic heterocycles. The van der Waals surface area contributed by atoms with Gasteiger partial charge in [-0.15, -0.1) is 0 Å². The number of nitrogens with one attached hydrogen (secondary N) is 2. The van der Waals surface area contributed by atoms with Crippen molar-refractivity contribution >= 4 is 18.0 Å². The van der Waals surface area contributed by atoms with Crippen LogP contribution in [0.25, 0.3) is 0 Å². The normalized spacial score (nSPS) is 12.0. The SMILES string of the molecule is COC(=O)NC(=O)CNC(CC(C)C)C(=O)O. The number of carboxylic acid groups (broad SMARTS) is 1. The van der Waals surface area contributed by atoms with Crippen LogP contribution in [0, 0.1) is 5.92 Å². The van der Waals surface area contributed by atoms with Gasteiger partial charge >= 0.3 is 12.1 Å². The zero-order chi connectivity index (χ0) is 13.4. The fourth-order valence-corrected chi connectivity index (χ4v) is 1.17. The number of hydrogen-bond donors (Lipinski definition) is 3. The summed E-state index contributed by atoms with van der Waals surface area (Å²) in [5.74, 6) is -1.47. The summed E-state index contributed by atoms with van der Waals surface area (Å²) in [6.45, 7) is 3.51. The molecule has 3 N–H and O–H groups in total. The average Bonchev–Trinajstić information content (AvgIpc) is 2.23. The number of alkyl carbamates (subject to hydrolysis) is 1. The number of carboxylic acids is 1. The van der Waals surface area contributed by atoms with Crippen LogP contribution >= 0.6 is 0 Å². The highest BCUT2D eigenvalue weighted by Gasteiger charge is 2.19. The van der Waals surface area contributed by atoms with Gasteiger partial charge in [-0.2, -0.15) is 0 Å². The van der Waals surface area contributed by atoms with Gasteiger partial charge in [-0.1, -0.05) is 13.8 Å². The third-order valence-electron chi connectivity index (χ3n) is 1.94. The summed E-state index contributed by atoms with van der Waals surface area (Å²) in [4.78, 5) is 32.7. The van der Waals surface area contributed by atoms with Gasteiger partial charge in [-0.3, -0.25) is 20.2 Å². The first-order valence-corrected chi connectivity index (χ1v) is 5.20. The molecule has 0 rings (SSSR count). The van der Waals surface area contributed by atoms with Crippen LogP contribution in [0.5, 0.6) is 0 Å². The van der Waals surface area contributed by atoms with Crippen LogP contribution in [0.3, 0.4) is 0 Å². The first-order chi connectivity index (χ1) is 7.86. The Kier molecular flexibility index (Phi) is 6.88. The molecule has 0 aromatic rings. The third-order valence-corrected chi connectivity index (χ3v) is 1.94. The number of imide groups is 1. The molecule has 1 unspecified atom stereocenters. The number of rotatable bonds is 6. The van der Waals surface area contributed by atoms with Gasteiger partial charge in [0.15, 0.2) is 0 Å². The molecule has 0 saturated carbocycles. The fraction of sp³-hybridized carbons (Fsp3) is 0.700. The highest BCUT2D eigenvalue weighted by atomic mass is 16.5. The Hall–Kier alpha value is -1.63. The van der Waals surface area contributed by atoms with Gasteiger partial charge in [0.05, 0.1) is 13.7 Å². The fourth-order valence-electron chi connectivity index (χ4n) is 1.17. The molecule has 0 bridgehead atoms. The van der Waals surface area contributed by atoms with Crippen molar-refractivity contribution in [1.82, 2.24) is 10.6 Å². The van der Waals surface area contributed by atoms with E-state index in [9.17, 15) is 14.4 Å². The smallest absolute Gasteiger partial charge is 0.413 e. The largest absolute Gasteiger partial charge is 0.480 e. The molecule has 98 valence electrons. The summed E-state index contributed by atoms with van der Waals surface area (Å²) in [6.07, 6.45) is -0.464. The van der Waals surface area contributed by atoms with Crippen LogP contribution in [0.2, 0.25) is 0 Å². The molecule has 17 heavy (non-hydrogen) atoms. The van der Waals surface area contributed by atoms with Crippen molar-refractivity contribution in [2.24, 2.45) is 5.92 Å². The van der Waals surface area contributed by atoms with E-state index in [1.165, 1.54) is 0 Å². The van der Waals surface area contributed by atoms with Gasteiger partial charge in [-0.25, -0.2) is 4.79 Å². The van der Waals surface area contributed by atoms with E-state index < -0.39 is 24.0 Å². The topological polar surface area (TPSA) is 105 Å². The van der Waals surface area contributed by atoms with E-state index in [4.69, 9.17) is 5.11 Å². The molecule has 7 nitrogen and oxygen atoms in total. The van der Waals surface area contributed by atoms with Crippen molar-refractivity contribution < 1.29 is 24.2 Å². The molecular weight excluding hydrogens is 228 g/mol. The highest BCUT2D eigenvalue weighted by molar-refractivity contribution is 5.93. The van der Waals surface area contributed by atoms with Gasteiger partial charge in [0.25, 0.3) is 0 Å². The van der Waals surface area contributed by atoms with E-state index in [2.05, 4.69) is 10.1 Å². The van der Waals surface area contributed by atoms with Gasteiger partial charge in [0.2, 0.25) is 5.91 Å². The lowest BCUT2D eigenvalue weighted by Crippen LogP contribution is -2.45. The number of hydrogen-bond acceptors (Lipinski definition) is 5. The Labute approximate surface area is 99.5 Å². The minimum absolute atomic E-state index is 0.187. The van der Waals surface area contributed by atoms with Gasteiger partial charge in [0.1, 0.15) is 6.04 Å². The molecule has 1 atom stereocenters. The second-order valence-electron chi connectivity index (χ2n) is 3.94. The maximum Gasteiger partial charge on any atom is 0.413 e. The van der Waals surface area contributed by atoms with Crippen molar-refractivity contribution in [2.45, 2.75) is 26.3 Å². The van der Waals surface area contributed by atoms with E-state index in [-0.39, 0.29) is 12.5 Å². The molecule has 0 aliphatic rings. The average molecular weight is 246 g/mol. The zero-order valence-corrected chi connectivity index (χ0v) is 10.1. The summed E-state index contributed by atoms with van der Waals surface area (Å²) in [7, 11) is 1.13. The lowest BCUT2D eigenvalue weighted by molar-refractivity contribution is -0.140. The Bertz CT molecular complexity index is 290. The van der Waals surface area contributed by atoms with Crippen molar-refractivity contribution in [1.29, 1.82) is 0 Å². The molecule has 0 fully saturated rings. The molecule has 2 amide bonds. The lowest BCUT2D eigenvalue weighted by atomic mass is 10.0. The first kappa shape index (κ1) is 15.4. The summed E-state index contributed by atoms with van der Waals surface area (Å²) >= 11 is 0. The van der Waals surface area contributed by atoms with Crippen molar-refractivity contribution in [3.05, 3.63) is 0 Å². The van der Waals surface area contributed by atoms with Gasteiger partial charge in [-0.05, 0) is 12.3 Å². The molecule has 0 heterocycles. The second kappa shape index (κ2) is 7.61. The minimum Gasteiger partial charge on any atom is -0.480 e. The molecule has 0 spiro atoms. The molecule has 0 radical (unpaired) electrons. The van der Waals surface area contributed by atoms with E-state index in [1.54, 1.807) is 0 Å². The monoisotopic (exact) mass is 246 g/mol. The quantitative estimate of drug-likeness (QED) is 0.607. The molecule has 0 aromatic carbocycles. The molecule has 0 aliphatic heterocycles. The van der Waals surface area contributed by atoms with Crippen LogP contribution in [0.4, 0.5) is 4.79 Å². The molecule has 7 heteroatoms. The Morgan fingerprint density at radius 2 is 1.88 bits per heavy atom. The van der Waals surface area contributed by atoms with Crippen molar-refractivity contribution in [3.8, 4) is 0 Å². The first-order valence-electron chi connectivity index (χ1n) is 5.20. The number of methoxy groups -OCH3 is 1. The third kappa shape index (κ3) is 7.29. The van der Waals surface area contributed by atoms with Crippen LogP contribution in [-0.4, -0.2) is 42.8 Å². The van der Waals surface area contributed by atoms with E-state index in [0.29, 0.717) is 6.42 Å². The Balaban J connectivity index is 4.08. The summed E-state index contributed by atoms with van der Waals surface area (Å²) in [5.41, 5.74) is 0. The summed E-state index contributed by atoms with van der Waals surface area (Å²) in [5, 5.41) is 13.4. The van der Waals surface area contributed by atoms with Crippen LogP contribution in [0.15, 0.2) is 0 Å². The number of carbonyl (C=O) groups excluding carboxylic acids is 2. The van der Waals surface area contributed by atoms with E-state index in [1.807, 2.05) is 19.2 Å². The Morgan fingerprint density at radius 3 is 2.29 bits per heavy atom. The van der Waals surface area contributed by atoms with Crippen LogP contribution in [-0.2, 0) is 14.3 Å². The van der Waals surface area contributed by atoms with E-state index in [0.717, 1.165) is 7.11 Å². The maximum absolute atomic E-state index is 11.2. The lowest BCUT2D eigenvalue weighted by Gasteiger charge is -2.15. The number of amides is 2. The second-order valence-corrected chi connectivity index (χ2v) is 3.94. The van der Waals surface area contributed by atoms with Crippen molar-refractivity contribution in [2.75, 3.05) is 13.7 Å². The van der Waals surface area contributed by atoms with Gasteiger partial charge < -0.3 is 9.84 Å². The van der Waals surface area contributed by atoms with Crippen LogP contribution < -0.4 is 10.6 Å². The van der Waals surface area contributed by atoms with Gasteiger partial charge in [0, 0.05) is 0 Å². The maximum atomic E-state index is 11.2. The zero-order valence-electron chi connectivity index (χ0n) is 10.1. The predicted octanol–water partition coefficient (Wildman–Crippen LogP) is -0.0421. The highest BCUT2D eigenvalue weighted by Crippen LogP contribution is 2.04.